The van der Waals surface area contributed by atoms with Crippen molar-refractivity contribution in [3.05, 3.63) is 53.6 Å². The first-order valence-electron chi connectivity index (χ1n) is 6.89. The van der Waals surface area contributed by atoms with Crippen molar-refractivity contribution in [2.24, 2.45) is 0 Å². The molecule has 106 valence electrons. The number of rotatable bonds is 3. The van der Waals surface area contributed by atoms with E-state index < -0.39 is 0 Å². The highest BCUT2D eigenvalue weighted by atomic mass is 16.2. The van der Waals surface area contributed by atoms with Crippen LogP contribution in [-0.4, -0.2) is 18.4 Å². The zero-order chi connectivity index (χ0) is 14.8. The highest BCUT2D eigenvalue weighted by molar-refractivity contribution is 5.95. The summed E-state index contributed by atoms with van der Waals surface area (Å²) in [5.41, 5.74) is 5.79. The summed E-state index contributed by atoms with van der Waals surface area (Å²) >= 11 is 0. The number of anilines is 1. The molecule has 0 atom stereocenters. The van der Waals surface area contributed by atoms with Crippen molar-refractivity contribution >= 4 is 17.5 Å². The molecule has 1 aliphatic rings. The Labute approximate surface area is 123 Å². The van der Waals surface area contributed by atoms with Gasteiger partial charge in [0.15, 0.2) is 0 Å². The Bertz CT molecular complexity index is 722. The van der Waals surface area contributed by atoms with Crippen molar-refractivity contribution in [1.29, 1.82) is 0 Å². The van der Waals surface area contributed by atoms with Gasteiger partial charge in [-0.1, -0.05) is 30.3 Å². The van der Waals surface area contributed by atoms with Gasteiger partial charge in [-0.2, -0.15) is 0 Å². The smallest absolute Gasteiger partial charge is 0.243 e. The van der Waals surface area contributed by atoms with Crippen LogP contribution in [0.15, 0.2) is 42.5 Å². The van der Waals surface area contributed by atoms with E-state index in [0.29, 0.717) is 0 Å². The van der Waals surface area contributed by atoms with Gasteiger partial charge < -0.3 is 10.6 Å². The standard InChI is InChI=1S/C17H16N2O2/c1-11(20)18-10-17(21)19-14-6-7-16-13(9-14)8-12-4-2-3-5-15(12)16/h2-7,9H,8,10H2,1H3,(H,18,20)(H,19,21). The molecule has 2 amide bonds. The molecular formula is C17H16N2O2. The summed E-state index contributed by atoms with van der Waals surface area (Å²) in [4.78, 5) is 22.5. The molecule has 4 nitrogen and oxygen atoms in total. The number of amides is 2. The molecule has 2 aromatic carbocycles. The maximum atomic E-state index is 11.7. The zero-order valence-corrected chi connectivity index (χ0v) is 11.8. The molecule has 0 heterocycles. The highest BCUT2D eigenvalue weighted by Crippen LogP contribution is 2.37. The predicted molar refractivity (Wildman–Crippen MR) is 82.0 cm³/mol. The molecule has 21 heavy (non-hydrogen) atoms. The van der Waals surface area contributed by atoms with Crippen molar-refractivity contribution in [3.8, 4) is 11.1 Å². The van der Waals surface area contributed by atoms with Crippen molar-refractivity contribution in [1.82, 2.24) is 5.32 Å². The highest BCUT2D eigenvalue weighted by Gasteiger charge is 2.18. The normalized spacial score (nSPS) is 11.5. The average Bonchev–Trinajstić information content (AvgIpc) is 2.82. The fourth-order valence-corrected chi connectivity index (χ4v) is 2.63. The van der Waals surface area contributed by atoms with E-state index in [9.17, 15) is 9.59 Å². The molecule has 2 aromatic rings. The van der Waals surface area contributed by atoms with E-state index in [2.05, 4.69) is 22.8 Å². The SMILES string of the molecule is CC(=O)NCC(=O)Nc1ccc2c(c1)Cc1ccccc1-2. The van der Waals surface area contributed by atoms with Gasteiger partial charge in [-0.25, -0.2) is 0 Å². The lowest BCUT2D eigenvalue weighted by Gasteiger charge is -2.08. The van der Waals surface area contributed by atoms with Gasteiger partial charge in [0.25, 0.3) is 0 Å². The molecule has 0 radical (unpaired) electrons. The molecule has 0 unspecified atom stereocenters. The van der Waals surface area contributed by atoms with E-state index in [1.807, 2.05) is 30.3 Å². The topological polar surface area (TPSA) is 58.2 Å². The largest absolute Gasteiger partial charge is 0.347 e. The Morgan fingerprint density at radius 3 is 2.62 bits per heavy atom. The van der Waals surface area contributed by atoms with Crippen LogP contribution in [0.1, 0.15) is 18.1 Å². The van der Waals surface area contributed by atoms with E-state index in [4.69, 9.17) is 0 Å². The average molecular weight is 280 g/mol. The summed E-state index contributed by atoms with van der Waals surface area (Å²) in [6, 6.07) is 14.3. The molecule has 0 saturated carbocycles. The lowest BCUT2D eigenvalue weighted by atomic mass is 10.1. The first kappa shape index (κ1) is 13.4. The molecule has 3 rings (SSSR count). The van der Waals surface area contributed by atoms with Crippen molar-refractivity contribution in [2.75, 3.05) is 11.9 Å². The first-order chi connectivity index (χ1) is 10.1. The molecule has 4 heteroatoms. The lowest BCUT2D eigenvalue weighted by molar-refractivity contribution is -0.122. The van der Waals surface area contributed by atoms with E-state index in [1.165, 1.54) is 29.2 Å². The zero-order valence-electron chi connectivity index (χ0n) is 11.8. The predicted octanol–water partition coefficient (Wildman–Crippen LogP) is 2.33. The van der Waals surface area contributed by atoms with Gasteiger partial charge in [0.1, 0.15) is 0 Å². The number of benzene rings is 2. The first-order valence-corrected chi connectivity index (χ1v) is 6.89. The number of carbonyl (C=O) groups is 2. The second-order valence-electron chi connectivity index (χ2n) is 5.16. The molecule has 1 aliphatic carbocycles. The number of nitrogens with one attached hydrogen (secondary N) is 2. The van der Waals surface area contributed by atoms with Gasteiger partial charge in [-0.15, -0.1) is 0 Å². The fourth-order valence-electron chi connectivity index (χ4n) is 2.63. The van der Waals surface area contributed by atoms with Crippen molar-refractivity contribution in [3.63, 3.8) is 0 Å². The minimum atomic E-state index is -0.222. The van der Waals surface area contributed by atoms with Crippen LogP contribution < -0.4 is 10.6 Å². The molecule has 0 aliphatic heterocycles. The molecule has 0 spiro atoms. The maximum absolute atomic E-state index is 11.7. The molecule has 0 bridgehead atoms. The van der Waals surface area contributed by atoms with Gasteiger partial charge in [-0.05, 0) is 40.8 Å². The van der Waals surface area contributed by atoms with Crippen LogP contribution in [-0.2, 0) is 16.0 Å². The Kier molecular flexibility index (Phi) is 3.44. The van der Waals surface area contributed by atoms with E-state index >= 15 is 0 Å². The summed E-state index contributed by atoms with van der Waals surface area (Å²) in [5, 5.41) is 5.28. The van der Waals surface area contributed by atoms with E-state index in [0.717, 1.165) is 12.1 Å². The molecular weight excluding hydrogens is 264 g/mol. The fraction of sp³-hybridized carbons (Fsp3) is 0.176. The summed E-state index contributed by atoms with van der Waals surface area (Å²) in [6.45, 7) is 1.38. The Morgan fingerprint density at radius 1 is 1.05 bits per heavy atom. The molecule has 0 fully saturated rings. The van der Waals surface area contributed by atoms with Crippen LogP contribution in [0.5, 0.6) is 0 Å². The molecule has 0 aromatic heterocycles. The van der Waals surface area contributed by atoms with Crippen LogP contribution in [0, 0.1) is 0 Å². The third-order valence-corrected chi connectivity index (χ3v) is 3.58. The van der Waals surface area contributed by atoms with Gasteiger partial charge in [0.05, 0.1) is 6.54 Å². The molecule has 0 saturated heterocycles. The number of fused-ring (bicyclic) bond motifs is 3. The third kappa shape index (κ3) is 2.79. The van der Waals surface area contributed by atoms with Crippen LogP contribution >= 0.6 is 0 Å². The van der Waals surface area contributed by atoms with Crippen molar-refractivity contribution in [2.45, 2.75) is 13.3 Å². The van der Waals surface area contributed by atoms with Crippen LogP contribution in [0.2, 0.25) is 0 Å². The monoisotopic (exact) mass is 280 g/mol. The van der Waals surface area contributed by atoms with Crippen LogP contribution in [0.4, 0.5) is 5.69 Å². The summed E-state index contributed by atoms with van der Waals surface area (Å²) in [7, 11) is 0. The second-order valence-corrected chi connectivity index (χ2v) is 5.16. The van der Waals surface area contributed by atoms with Crippen molar-refractivity contribution < 1.29 is 9.59 Å². The van der Waals surface area contributed by atoms with E-state index in [-0.39, 0.29) is 18.4 Å². The van der Waals surface area contributed by atoms with E-state index in [1.54, 1.807) is 0 Å². The molecule has 2 N–H and O–H groups in total. The van der Waals surface area contributed by atoms with Gasteiger partial charge in [0.2, 0.25) is 11.8 Å². The third-order valence-electron chi connectivity index (χ3n) is 3.58. The van der Waals surface area contributed by atoms with Gasteiger partial charge >= 0.3 is 0 Å². The summed E-state index contributed by atoms with van der Waals surface area (Å²) < 4.78 is 0. The number of hydrogen-bond donors (Lipinski definition) is 2. The number of carbonyl (C=O) groups excluding carboxylic acids is 2. The van der Waals surface area contributed by atoms with Gasteiger partial charge in [-0.3, -0.25) is 9.59 Å². The maximum Gasteiger partial charge on any atom is 0.243 e. The lowest BCUT2D eigenvalue weighted by Crippen LogP contribution is -2.31. The quantitative estimate of drug-likeness (QED) is 0.773. The van der Waals surface area contributed by atoms with Crippen LogP contribution in [0.25, 0.3) is 11.1 Å². The summed E-state index contributed by atoms with van der Waals surface area (Å²) in [6.07, 6.45) is 0.890. The number of hydrogen-bond acceptors (Lipinski definition) is 2. The Morgan fingerprint density at radius 2 is 1.81 bits per heavy atom. The minimum Gasteiger partial charge on any atom is -0.347 e. The summed E-state index contributed by atoms with van der Waals surface area (Å²) in [5.74, 6) is -0.435. The second kappa shape index (κ2) is 5.40. The Balaban J connectivity index is 1.75. The van der Waals surface area contributed by atoms with Gasteiger partial charge in [0, 0.05) is 12.6 Å². The Hall–Kier alpha value is -2.62. The van der Waals surface area contributed by atoms with Crippen LogP contribution in [0.3, 0.4) is 0 Å². The minimum absolute atomic E-state index is 0.00730.